The summed E-state index contributed by atoms with van der Waals surface area (Å²) in [6, 6.07) is 10.8. The van der Waals surface area contributed by atoms with E-state index < -0.39 is 0 Å². The Balaban J connectivity index is 0.000000980. The molecule has 0 aromatic heterocycles. The van der Waals surface area contributed by atoms with Crippen molar-refractivity contribution < 1.29 is 0 Å². The number of nitrogens with zero attached hydrogens (tertiary/aromatic N) is 1. The Kier molecular flexibility index (Phi) is 4.29. The fourth-order valence-electron chi connectivity index (χ4n) is 1.43. The van der Waals surface area contributed by atoms with Crippen molar-refractivity contribution in [2.24, 2.45) is 10.7 Å². The minimum Gasteiger partial charge on any atom is -0.379 e. The Morgan fingerprint density at radius 2 is 2.07 bits per heavy atom. The number of thioether (sulfide) groups is 1. The maximum absolute atomic E-state index is 5.59. The van der Waals surface area contributed by atoms with Crippen molar-refractivity contribution in [1.82, 2.24) is 0 Å². The van der Waals surface area contributed by atoms with Crippen molar-refractivity contribution in [3.63, 3.8) is 0 Å². The van der Waals surface area contributed by atoms with Gasteiger partial charge in [0.1, 0.15) is 0 Å². The number of rotatable bonds is 2. The molecule has 76 valence electrons. The normalized spacial score (nSPS) is 20.0. The predicted molar refractivity (Wildman–Crippen MR) is 65.3 cm³/mol. The summed E-state index contributed by atoms with van der Waals surface area (Å²) in [5.41, 5.74) is 6.93. The van der Waals surface area contributed by atoms with E-state index in [1.54, 1.807) is 11.8 Å². The molecule has 14 heavy (non-hydrogen) atoms. The van der Waals surface area contributed by atoms with Crippen LogP contribution < -0.4 is 5.73 Å². The van der Waals surface area contributed by atoms with Crippen LogP contribution in [0.5, 0.6) is 0 Å². The van der Waals surface area contributed by atoms with Crippen LogP contribution in [-0.4, -0.2) is 17.0 Å². The van der Waals surface area contributed by atoms with Crippen LogP contribution in [0.25, 0.3) is 0 Å². The lowest BCUT2D eigenvalue weighted by Gasteiger charge is -2.04. The number of nitrogens with two attached hydrogens (primary N) is 1. The zero-order valence-corrected chi connectivity index (χ0v) is 9.35. The molecule has 0 bridgehead atoms. The largest absolute Gasteiger partial charge is 0.379 e. The molecule has 0 unspecified atom stereocenters. The SMILES string of the molecule is Cl.NC1=N[C@H](Cc2ccccc2)CS1. The van der Waals surface area contributed by atoms with Gasteiger partial charge in [-0.1, -0.05) is 42.1 Å². The molecule has 2 rings (SSSR count). The van der Waals surface area contributed by atoms with Crippen LogP contribution in [0.1, 0.15) is 5.56 Å². The maximum Gasteiger partial charge on any atom is 0.154 e. The van der Waals surface area contributed by atoms with E-state index in [0.717, 1.165) is 17.3 Å². The molecule has 0 fully saturated rings. The molecule has 2 N–H and O–H groups in total. The predicted octanol–water partition coefficient (Wildman–Crippen LogP) is 2.08. The number of amidine groups is 1. The van der Waals surface area contributed by atoms with Crippen LogP contribution >= 0.6 is 24.2 Å². The lowest BCUT2D eigenvalue weighted by Crippen LogP contribution is -2.08. The van der Waals surface area contributed by atoms with Crippen molar-refractivity contribution in [2.45, 2.75) is 12.5 Å². The van der Waals surface area contributed by atoms with E-state index >= 15 is 0 Å². The van der Waals surface area contributed by atoms with Gasteiger partial charge in [-0.05, 0) is 12.0 Å². The van der Waals surface area contributed by atoms with Crippen LogP contribution in [0.2, 0.25) is 0 Å². The molecule has 4 heteroatoms. The van der Waals surface area contributed by atoms with Crippen LogP contribution in [0.3, 0.4) is 0 Å². The second-order valence-corrected chi connectivity index (χ2v) is 4.16. The van der Waals surface area contributed by atoms with Gasteiger partial charge < -0.3 is 5.73 Å². The molecule has 1 aliphatic rings. The van der Waals surface area contributed by atoms with Gasteiger partial charge in [0, 0.05) is 5.75 Å². The molecule has 0 aliphatic carbocycles. The van der Waals surface area contributed by atoms with Gasteiger partial charge in [0.05, 0.1) is 6.04 Å². The van der Waals surface area contributed by atoms with E-state index in [2.05, 4.69) is 29.3 Å². The first kappa shape index (κ1) is 11.4. The first-order chi connectivity index (χ1) is 6.34. The third kappa shape index (κ3) is 2.93. The average Bonchev–Trinajstić information content (AvgIpc) is 2.53. The summed E-state index contributed by atoms with van der Waals surface area (Å²) in [5.74, 6) is 1.03. The minimum atomic E-state index is 0. The summed E-state index contributed by atoms with van der Waals surface area (Å²) < 4.78 is 0. The fourth-order valence-corrected chi connectivity index (χ4v) is 2.21. The van der Waals surface area contributed by atoms with Gasteiger partial charge in [-0.15, -0.1) is 12.4 Å². The average molecular weight is 229 g/mol. The van der Waals surface area contributed by atoms with Crippen molar-refractivity contribution in [1.29, 1.82) is 0 Å². The van der Waals surface area contributed by atoms with Crippen LogP contribution in [-0.2, 0) is 6.42 Å². The Bertz CT molecular complexity index is 313. The van der Waals surface area contributed by atoms with Gasteiger partial charge in [0.2, 0.25) is 0 Å². The van der Waals surface area contributed by atoms with Crippen LogP contribution in [0, 0.1) is 0 Å². The topological polar surface area (TPSA) is 38.4 Å². The Labute approximate surface area is 94.4 Å². The molecule has 1 aliphatic heterocycles. The molecule has 0 spiro atoms. The van der Waals surface area contributed by atoms with Gasteiger partial charge >= 0.3 is 0 Å². The molecule has 0 radical (unpaired) electrons. The molecule has 1 aromatic carbocycles. The van der Waals surface area contributed by atoms with Gasteiger partial charge in [-0.25, -0.2) is 0 Å². The van der Waals surface area contributed by atoms with E-state index in [4.69, 9.17) is 5.73 Å². The summed E-state index contributed by atoms with van der Waals surface area (Å²) in [4.78, 5) is 4.34. The van der Waals surface area contributed by atoms with E-state index in [-0.39, 0.29) is 12.4 Å². The van der Waals surface area contributed by atoms with Crippen molar-refractivity contribution >= 4 is 29.3 Å². The Morgan fingerprint density at radius 3 is 2.64 bits per heavy atom. The highest BCUT2D eigenvalue weighted by Crippen LogP contribution is 2.18. The van der Waals surface area contributed by atoms with E-state index in [9.17, 15) is 0 Å². The van der Waals surface area contributed by atoms with Crippen LogP contribution in [0.15, 0.2) is 35.3 Å². The van der Waals surface area contributed by atoms with Crippen molar-refractivity contribution in [3.8, 4) is 0 Å². The lowest BCUT2D eigenvalue weighted by molar-refractivity contribution is 0.762. The third-order valence-corrected chi connectivity index (χ3v) is 3.00. The first-order valence-corrected chi connectivity index (χ1v) is 5.33. The molecule has 1 heterocycles. The maximum atomic E-state index is 5.59. The van der Waals surface area contributed by atoms with Crippen LogP contribution in [0.4, 0.5) is 0 Å². The zero-order chi connectivity index (χ0) is 9.10. The fraction of sp³-hybridized carbons (Fsp3) is 0.300. The number of hydrogen-bond donors (Lipinski definition) is 1. The standard InChI is InChI=1S/C10H12N2S.ClH/c11-10-12-9(7-13-10)6-8-4-2-1-3-5-8;/h1-5,9H,6-7H2,(H2,11,12);1H/t9-;/m1./s1. The summed E-state index contributed by atoms with van der Waals surface area (Å²) in [7, 11) is 0. The lowest BCUT2D eigenvalue weighted by atomic mass is 10.1. The number of aliphatic imine (C=N–C) groups is 1. The van der Waals surface area contributed by atoms with Gasteiger partial charge in [-0.3, -0.25) is 4.99 Å². The summed E-state index contributed by atoms with van der Waals surface area (Å²) in [6.07, 6.45) is 1.01. The molecular weight excluding hydrogens is 216 g/mol. The molecule has 0 saturated carbocycles. The second kappa shape index (κ2) is 5.27. The number of hydrogen-bond acceptors (Lipinski definition) is 3. The summed E-state index contributed by atoms with van der Waals surface area (Å²) in [5, 5.41) is 0.737. The summed E-state index contributed by atoms with van der Waals surface area (Å²) in [6.45, 7) is 0. The van der Waals surface area contributed by atoms with E-state index in [1.165, 1.54) is 5.56 Å². The highest BCUT2D eigenvalue weighted by Gasteiger charge is 2.15. The Hall–Kier alpha value is -0.670. The smallest absolute Gasteiger partial charge is 0.154 e. The first-order valence-electron chi connectivity index (χ1n) is 4.34. The molecule has 0 saturated heterocycles. The van der Waals surface area contributed by atoms with E-state index in [1.807, 2.05) is 6.07 Å². The van der Waals surface area contributed by atoms with Crippen molar-refractivity contribution in [2.75, 3.05) is 5.75 Å². The van der Waals surface area contributed by atoms with Gasteiger partial charge in [0.25, 0.3) is 0 Å². The highest BCUT2D eigenvalue weighted by atomic mass is 35.5. The zero-order valence-electron chi connectivity index (χ0n) is 7.72. The quantitative estimate of drug-likeness (QED) is 0.842. The second-order valence-electron chi connectivity index (χ2n) is 3.12. The monoisotopic (exact) mass is 228 g/mol. The third-order valence-electron chi connectivity index (χ3n) is 2.05. The van der Waals surface area contributed by atoms with Crippen molar-refractivity contribution in [3.05, 3.63) is 35.9 Å². The number of benzene rings is 1. The molecular formula is C10H13ClN2S. The Morgan fingerprint density at radius 1 is 1.36 bits per heavy atom. The molecule has 1 atom stereocenters. The summed E-state index contributed by atoms with van der Waals surface area (Å²) >= 11 is 1.65. The molecule has 2 nitrogen and oxygen atoms in total. The number of halogens is 1. The minimum absolute atomic E-state index is 0. The highest BCUT2D eigenvalue weighted by molar-refractivity contribution is 8.14. The van der Waals surface area contributed by atoms with Gasteiger partial charge in [-0.2, -0.15) is 0 Å². The van der Waals surface area contributed by atoms with Gasteiger partial charge in [0.15, 0.2) is 5.17 Å². The molecule has 0 amide bonds. The molecule has 1 aromatic rings. The van der Waals surface area contributed by atoms with E-state index in [0.29, 0.717) is 6.04 Å².